The molecule has 2 aromatic rings. The van der Waals surface area contributed by atoms with Gasteiger partial charge in [-0.15, -0.1) is 0 Å². The summed E-state index contributed by atoms with van der Waals surface area (Å²) in [5.74, 6) is 0.856. The molecule has 0 atom stereocenters. The predicted molar refractivity (Wildman–Crippen MR) is 96.7 cm³/mol. The van der Waals surface area contributed by atoms with Crippen molar-refractivity contribution in [1.82, 2.24) is 15.6 Å². The summed E-state index contributed by atoms with van der Waals surface area (Å²) in [5, 5.41) is 6.67. The van der Waals surface area contributed by atoms with Crippen LogP contribution in [0.25, 0.3) is 0 Å². The van der Waals surface area contributed by atoms with E-state index in [1.165, 1.54) is 16.7 Å². The van der Waals surface area contributed by atoms with Gasteiger partial charge in [0.05, 0.1) is 6.54 Å². The van der Waals surface area contributed by atoms with E-state index in [4.69, 9.17) is 0 Å². The number of guanidine groups is 1. The maximum atomic E-state index is 4.65. The van der Waals surface area contributed by atoms with E-state index in [0.717, 1.165) is 31.2 Å². The van der Waals surface area contributed by atoms with Crippen LogP contribution in [0, 0.1) is 13.8 Å². The number of nitrogens with zero attached hydrogens (tertiary/aromatic N) is 2. The first-order valence-corrected chi connectivity index (χ1v) is 8.16. The summed E-state index contributed by atoms with van der Waals surface area (Å²) in [4.78, 5) is 8.97. The van der Waals surface area contributed by atoms with Gasteiger partial charge in [0.15, 0.2) is 5.96 Å². The largest absolute Gasteiger partial charge is 0.357 e. The number of hydrogen-bond acceptors (Lipinski definition) is 2. The Morgan fingerprint density at radius 3 is 2.65 bits per heavy atom. The van der Waals surface area contributed by atoms with E-state index < -0.39 is 0 Å². The van der Waals surface area contributed by atoms with Crippen molar-refractivity contribution in [3.63, 3.8) is 0 Å². The molecule has 1 aromatic carbocycles. The number of nitrogens with one attached hydrogen (secondary N) is 2. The maximum Gasteiger partial charge on any atom is 0.191 e. The monoisotopic (exact) mass is 310 g/mol. The minimum absolute atomic E-state index is 0.684. The minimum atomic E-state index is 0.684. The van der Waals surface area contributed by atoms with E-state index in [2.05, 4.69) is 64.8 Å². The lowest BCUT2D eigenvalue weighted by Crippen LogP contribution is -2.38. The Morgan fingerprint density at radius 1 is 1.09 bits per heavy atom. The fraction of sp³-hybridized carbons (Fsp3) is 0.368. The molecule has 2 N–H and O–H groups in total. The lowest BCUT2D eigenvalue weighted by atomic mass is 10.1. The average molecular weight is 310 g/mol. The second-order valence-electron chi connectivity index (χ2n) is 5.67. The van der Waals surface area contributed by atoms with Gasteiger partial charge in [0.1, 0.15) is 0 Å². The summed E-state index contributed by atoms with van der Waals surface area (Å²) in [5.41, 5.74) is 4.78. The molecular formula is C19H26N4. The van der Waals surface area contributed by atoms with Crippen molar-refractivity contribution < 1.29 is 0 Å². The third-order valence-electron chi connectivity index (χ3n) is 3.53. The first-order valence-electron chi connectivity index (χ1n) is 8.16. The molecule has 2 rings (SSSR count). The van der Waals surface area contributed by atoms with Crippen LogP contribution in [0.3, 0.4) is 0 Å². The highest BCUT2D eigenvalue weighted by atomic mass is 15.2. The Morgan fingerprint density at radius 2 is 1.96 bits per heavy atom. The lowest BCUT2D eigenvalue weighted by Gasteiger charge is -2.11. The number of hydrogen-bond donors (Lipinski definition) is 2. The molecule has 0 radical (unpaired) electrons. The molecule has 4 nitrogen and oxygen atoms in total. The molecule has 0 aliphatic rings. The van der Waals surface area contributed by atoms with Gasteiger partial charge in [-0.25, -0.2) is 4.99 Å². The number of aryl methyl sites for hydroxylation is 2. The molecule has 122 valence electrons. The number of pyridine rings is 1. The zero-order valence-corrected chi connectivity index (χ0v) is 14.3. The molecule has 0 spiro atoms. The van der Waals surface area contributed by atoms with E-state index in [9.17, 15) is 0 Å². The molecule has 0 fully saturated rings. The lowest BCUT2D eigenvalue weighted by molar-refractivity contribution is 0.797. The molecule has 0 bridgehead atoms. The number of rotatable bonds is 6. The standard InChI is InChI=1S/C19H26N4/c1-4-20-19(23-14-18-7-5-6-15(2)12-18)21-11-10-17-9-8-16(3)22-13-17/h5-9,12-13H,4,10-11,14H2,1-3H3,(H2,20,21,23). The first-order chi connectivity index (χ1) is 11.2. The summed E-state index contributed by atoms with van der Waals surface area (Å²) >= 11 is 0. The normalized spacial score (nSPS) is 11.3. The van der Waals surface area contributed by atoms with Crippen molar-refractivity contribution >= 4 is 5.96 Å². The van der Waals surface area contributed by atoms with Crippen LogP contribution in [0.5, 0.6) is 0 Å². The topological polar surface area (TPSA) is 49.3 Å². The summed E-state index contributed by atoms with van der Waals surface area (Å²) in [7, 11) is 0. The molecule has 1 heterocycles. The van der Waals surface area contributed by atoms with Gasteiger partial charge in [0.2, 0.25) is 0 Å². The second-order valence-corrected chi connectivity index (χ2v) is 5.67. The Balaban J connectivity index is 1.87. The van der Waals surface area contributed by atoms with Gasteiger partial charge in [0.25, 0.3) is 0 Å². The molecule has 1 aromatic heterocycles. The van der Waals surface area contributed by atoms with Crippen LogP contribution in [0.2, 0.25) is 0 Å². The average Bonchev–Trinajstić information content (AvgIpc) is 2.54. The molecule has 0 saturated carbocycles. The fourth-order valence-electron chi connectivity index (χ4n) is 2.29. The van der Waals surface area contributed by atoms with Crippen molar-refractivity contribution in [3.05, 3.63) is 65.0 Å². The quantitative estimate of drug-likeness (QED) is 0.637. The van der Waals surface area contributed by atoms with Crippen molar-refractivity contribution in [2.45, 2.75) is 33.7 Å². The second kappa shape index (κ2) is 8.93. The highest BCUT2D eigenvalue weighted by molar-refractivity contribution is 5.79. The van der Waals surface area contributed by atoms with Gasteiger partial charge < -0.3 is 10.6 Å². The van der Waals surface area contributed by atoms with Gasteiger partial charge in [0, 0.05) is 25.0 Å². The molecular weight excluding hydrogens is 284 g/mol. The van der Waals surface area contributed by atoms with Gasteiger partial charge >= 0.3 is 0 Å². The Kier molecular flexibility index (Phi) is 6.60. The van der Waals surface area contributed by atoms with Crippen molar-refractivity contribution in [2.24, 2.45) is 4.99 Å². The zero-order chi connectivity index (χ0) is 16.5. The smallest absolute Gasteiger partial charge is 0.191 e. The Bertz CT molecular complexity index is 632. The third kappa shape index (κ3) is 6.10. The van der Waals surface area contributed by atoms with Crippen molar-refractivity contribution in [3.8, 4) is 0 Å². The summed E-state index contributed by atoms with van der Waals surface area (Å²) < 4.78 is 0. The Labute approximate surface area is 139 Å². The predicted octanol–water partition coefficient (Wildman–Crippen LogP) is 3.00. The van der Waals surface area contributed by atoms with E-state index in [1.54, 1.807) is 0 Å². The fourth-order valence-corrected chi connectivity index (χ4v) is 2.29. The van der Waals surface area contributed by atoms with Gasteiger partial charge in [-0.05, 0) is 44.4 Å². The van der Waals surface area contributed by atoms with Gasteiger partial charge in [-0.3, -0.25) is 4.98 Å². The van der Waals surface area contributed by atoms with Crippen LogP contribution >= 0.6 is 0 Å². The van der Waals surface area contributed by atoms with Crippen LogP contribution < -0.4 is 10.6 Å². The molecule has 0 unspecified atom stereocenters. The molecule has 0 amide bonds. The van der Waals surface area contributed by atoms with E-state index in [1.807, 2.05) is 19.2 Å². The number of aliphatic imine (C=N–C) groups is 1. The first kappa shape index (κ1) is 17.0. The van der Waals surface area contributed by atoms with Gasteiger partial charge in [-0.1, -0.05) is 35.9 Å². The van der Waals surface area contributed by atoms with Gasteiger partial charge in [-0.2, -0.15) is 0 Å². The van der Waals surface area contributed by atoms with E-state index in [0.29, 0.717) is 6.54 Å². The van der Waals surface area contributed by atoms with E-state index >= 15 is 0 Å². The van der Waals surface area contributed by atoms with E-state index in [-0.39, 0.29) is 0 Å². The molecule has 0 aliphatic carbocycles. The summed E-state index contributed by atoms with van der Waals surface area (Å²) in [6.45, 7) is 8.56. The summed E-state index contributed by atoms with van der Waals surface area (Å²) in [6, 6.07) is 12.6. The molecule has 23 heavy (non-hydrogen) atoms. The number of aromatic nitrogens is 1. The SMILES string of the molecule is CCNC(=NCc1cccc(C)c1)NCCc1ccc(C)nc1. The van der Waals surface area contributed by atoms with Crippen LogP contribution in [-0.2, 0) is 13.0 Å². The molecule has 4 heteroatoms. The molecule has 0 aliphatic heterocycles. The number of benzene rings is 1. The van der Waals surface area contributed by atoms with Crippen LogP contribution in [0.4, 0.5) is 0 Å². The zero-order valence-electron chi connectivity index (χ0n) is 14.3. The Hall–Kier alpha value is -2.36. The summed E-state index contributed by atoms with van der Waals surface area (Å²) in [6.07, 6.45) is 2.87. The van der Waals surface area contributed by atoms with Crippen LogP contribution in [0.15, 0.2) is 47.6 Å². The highest BCUT2D eigenvalue weighted by Crippen LogP contribution is 2.05. The molecule has 0 saturated heterocycles. The highest BCUT2D eigenvalue weighted by Gasteiger charge is 1.99. The third-order valence-corrected chi connectivity index (χ3v) is 3.53. The minimum Gasteiger partial charge on any atom is -0.357 e. The maximum absolute atomic E-state index is 4.65. The van der Waals surface area contributed by atoms with Crippen molar-refractivity contribution in [1.29, 1.82) is 0 Å². The van der Waals surface area contributed by atoms with Crippen LogP contribution in [0.1, 0.15) is 29.3 Å². The van der Waals surface area contributed by atoms with Crippen molar-refractivity contribution in [2.75, 3.05) is 13.1 Å². The van der Waals surface area contributed by atoms with Crippen LogP contribution in [-0.4, -0.2) is 24.0 Å².